The molecule has 1 rings (SSSR count). The van der Waals surface area contributed by atoms with Crippen molar-refractivity contribution >= 4 is 0 Å². The normalized spacial score (nSPS) is 10.7. The summed E-state index contributed by atoms with van der Waals surface area (Å²) >= 11 is 0. The first-order chi connectivity index (χ1) is 7.13. The maximum absolute atomic E-state index is 8.82. The summed E-state index contributed by atoms with van der Waals surface area (Å²) in [7, 11) is 0. The second-order valence-corrected chi connectivity index (χ2v) is 4.28. The molecule has 84 valence electrons. The lowest BCUT2D eigenvalue weighted by molar-refractivity contribution is 0.269. The van der Waals surface area contributed by atoms with E-state index in [-0.39, 0.29) is 6.61 Å². The minimum absolute atomic E-state index is 0.200. The fraction of sp³-hybridized carbons (Fsp3) is 0.538. The summed E-state index contributed by atoms with van der Waals surface area (Å²) in [5.41, 5.74) is 2.30. The molecule has 0 aliphatic rings. The molecule has 0 amide bonds. The smallest absolute Gasteiger partial charge is 0.122 e. The van der Waals surface area contributed by atoms with Crippen molar-refractivity contribution < 1.29 is 9.84 Å². The number of aliphatic hydroxyl groups excluding tert-OH is 1. The van der Waals surface area contributed by atoms with Gasteiger partial charge in [-0.05, 0) is 36.5 Å². The summed E-state index contributed by atoms with van der Waals surface area (Å²) in [6.07, 6.45) is 0.714. The third-order valence-electron chi connectivity index (χ3n) is 2.21. The van der Waals surface area contributed by atoms with E-state index in [4.69, 9.17) is 9.84 Å². The molecule has 0 saturated carbocycles. The Bertz CT molecular complexity index is 305. The Kier molecular flexibility index (Phi) is 4.63. The number of aryl methyl sites for hydroxylation is 1. The molecule has 0 aliphatic heterocycles. The summed E-state index contributed by atoms with van der Waals surface area (Å²) in [5.74, 6) is 1.49. The molecule has 2 nitrogen and oxygen atoms in total. The number of hydrogen-bond donors (Lipinski definition) is 1. The van der Waals surface area contributed by atoms with Crippen LogP contribution in [0.2, 0.25) is 0 Å². The molecule has 0 heterocycles. The second-order valence-electron chi connectivity index (χ2n) is 4.28. The predicted molar refractivity (Wildman–Crippen MR) is 62.3 cm³/mol. The van der Waals surface area contributed by atoms with Gasteiger partial charge in [-0.2, -0.15) is 0 Å². The van der Waals surface area contributed by atoms with Crippen LogP contribution in [0, 0.1) is 12.8 Å². The highest BCUT2D eigenvalue weighted by atomic mass is 16.5. The molecule has 0 fully saturated rings. The first-order valence-electron chi connectivity index (χ1n) is 5.46. The van der Waals surface area contributed by atoms with Gasteiger partial charge in [-0.1, -0.05) is 26.0 Å². The number of aliphatic hydroxyl groups is 1. The molecule has 0 bridgehead atoms. The fourth-order valence-electron chi connectivity index (χ4n) is 1.41. The van der Waals surface area contributed by atoms with Crippen LogP contribution in [0.15, 0.2) is 18.2 Å². The van der Waals surface area contributed by atoms with E-state index < -0.39 is 0 Å². The highest BCUT2D eigenvalue weighted by molar-refractivity contribution is 5.36. The largest absolute Gasteiger partial charge is 0.493 e. The quantitative estimate of drug-likeness (QED) is 0.806. The van der Waals surface area contributed by atoms with Crippen molar-refractivity contribution in [2.24, 2.45) is 5.92 Å². The average molecular weight is 208 g/mol. The number of rotatable bonds is 5. The molecule has 0 saturated heterocycles. The zero-order valence-electron chi connectivity index (χ0n) is 9.79. The molecular formula is C13H20O2. The summed E-state index contributed by atoms with van der Waals surface area (Å²) in [6.45, 7) is 7.26. The Morgan fingerprint density at radius 3 is 2.60 bits per heavy atom. The summed E-state index contributed by atoms with van der Waals surface area (Å²) in [5, 5.41) is 8.82. The Morgan fingerprint density at radius 1 is 1.33 bits per heavy atom. The van der Waals surface area contributed by atoms with Crippen LogP contribution in [0.4, 0.5) is 0 Å². The van der Waals surface area contributed by atoms with Gasteiger partial charge in [0, 0.05) is 6.61 Å². The van der Waals surface area contributed by atoms with E-state index in [9.17, 15) is 0 Å². The predicted octanol–water partition coefficient (Wildman–Crippen LogP) is 2.56. The Labute approximate surface area is 91.9 Å². The van der Waals surface area contributed by atoms with Crippen LogP contribution in [0.25, 0.3) is 0 Å². The SMILES string of the molecule is Cc1cc(CCO)ccc1OCC(C)C. The highest BCUT2D eigenvalue weighted by Gasteiger charge is 2.02. The van der Waals surface area contributed by atoms with E-state index >= 15 is 0 Å². The van der Waals surface area contributed by atoms with Gasteiger partial charge < -0.3 is 9.84 Å². The molecule has 0 atom stereocenters. The maximum Gasteiger partial charge on any atom is 0.122 e. The zero-order chi connectivity index (χ0) is 11.3. The van der Waals surface area contributed by atoms with E-state index in [2.05, 4.69) is 19.9 Å². The molecule has 0 radical (unpaired) electrons. The van der Waals surface area contributed by atoms with Crippen molar-refractivity contribution in [3.63, 3.8) is 0 Å². The summed E-state index contributed by atoms with van der Waals surface area (Å²) < 4.78 is 5.67. The van der Waals surface area contributed by atoms with E-state index in [1.165, 1.54) is 0 Å². The third-order valence-corrected chi connectivity index (χ3v) is 2.21. The van der Waals surface area contributed by atoms with Gasteiger partial charge >= 0.3 is 0 Å². The summed E-state index contributed by atoms with van der Waals surface area (Å²) in [4.78, 5) is 0. The van der Waals surface area contributed by atoms with Crippen LogP contribution in [0.5, 0.6) is 5.75 Å². The van der Waals surface area contributed by atoms with E-state index in [0.717, 1.165) is 23.5 Å². The fourth-order valence-corrected chi connectivity index (χ4v) is 1.41. The summed E-state index contributed by atoms with van der Waals surface area (Å²) in [6, 6.07) is 6.08. The Morgan fingerprint density at radius 2 is 2.07 bits per heavy atom. The lowest BCUT2D eigenvalue weighted by Crippen LogP contribution is -2.05. The topological polar surface area (TPSA) is 29.5 Å². The van der Waals surface area contributed by atoms with Crippen LogP contribution in [0.1, 0.15) is 25.0 Å². The van der Waals surface area contributed by atoms with Gasteiger partial charge in [0.2, 0.25) is 0 Å². The van der Waals surface area contributed by atoms with Crippen molar-refractivity contribution in [2.75, 3.05) is 13.2 Å². The molecule has 2 heteroatoms. The van der Waals surface area contributed by atoms with Crippen LogP contribution in [-0.4, -0.2) is 18.3 Å². The molecule has 15 heavy (non-hydrogen) atoms. The molecule has 0 spiro atoms. The van der Waals surface area contributed by atoms with E-state index in [1.807, 2.05) is 19.1 Å². The molecule has 0 unspecified atom stereocenters. The second kappa shape index (κ2) is 5.76. The van der Waals surface area contributed by atoms with Crippen molar-refractivity contribution in [2.45, 2.75) is 27.2 Å². The van der Waals surface area contributed by atoms with E-state index in [0.29, 0.717) is 12.3 Å². The van der Waals surface area contributed by atoms with Gasteiger partial charge in [-0.25, -0.2) is 0 Å². The van der Waals surface area contributed by atoms with Crippen molar-refractivity contribution in [3.8, 4) is 5.75 Å². The van der Waals surface area contributed by atoms with E-state index in [1.54, 1.807) is 0 Å². The molecular weight excluding hydrogens is 188 g/mol. The van der Waals surface area contributed by atoms with Crippen molar-refractivity contribution in [1.82, 2.24) is 0 Å². The first-order valence-corrected chi connectivity index (χ1v) is 5.46. The number of benzene rings is 1. The van der Waals surface area contributed by atoms with Gasteiger partial charge in [0.15, 0.2) is 0 Å². The van der Waals surface area contributed by atoms with Crippen LogP contribution >= 0.6 is 0 Å². The Hall–Kier alpha value is -1.02. The molecule has 0 aromatic heterocycles. The van der Waals surface area contributed by atoms with Gasteiger partial charge in [-0.15, -0.1) is 0 Å². The van der Waals surface area contributed by atoms with Crippen LogP contribution in [0.3, 0.4) is 0 Å². The minimum Gasteiger partial charge on any atom is -0.493 e. The molecule has 1 aromatic carbocycles. The molecule has 0 aliphatic carbocycles. The van der Waals surface area contributed by atoms with Crippen LogP contribution < -0.4 is 4.74 Å². The third kappa shape index (κ3) is 3.92. The van der Waals surface area contributed by atoms with Gasteiger partial charge in [0.1, 0.15) is 5.75 Å². The maximum atomic E-state index is 8.82. The average Bonchev–Trinajstić information content (AvgIpc) is 2.17. The highest BCUT2D eigenvalue weighted by Crippen LogP contribution is 2.19. The minimum atomic E-state index is 0.200. The zero-order valence-corrected chi connectivity index (χ0v) is 9.79. The van der Waals surface area contributed by atoms with Crippen molar-refractivity contribution in [1.29, 1.82) is 0 Å². The lowest BCUT2D eigenvalue weighted by atomic mass is 10.1. The first kappa shape index (κ1) is 12.1. The monoisotopic (exact) mass is 208 g/mol. The standard InChI is InChI=1S/C13H20O2/c1-10(2)9-15-13-5-4-12(6-7-14)8-11(13)3/h4-5,8,10,14H,6-7,9H2,1-3H3. The van der Waals surface area contributed by atoms with Crippen LogP contribution in [-0.2, 0) is 6.42 Å². The Balaban J connectivity index is 2.66. The van der Waals surface area contributed by atoms with Crippen molar-refractivity contribution in [3.05, 3.63) is 29.3 Å². The molecule has 1 N–H and O–H groups in total. The van der Waals surface area contributed by atoms with Gasteiger partial charge in [0.05, 0.1) is 6.61 Å². The molecule has 1 aromatic rings. The van der Waals surface area contributed by atoms with Gasteiger partial charge in [-0.3, -0.25) is 0 Å². The van der Waals surface area contributed by atoms with Gasteiger partial charge in [0.25, 0.3) is 0 Å². The number of hydrogen-bond acceptors (Lipinski definition) is 2. The number of ether oxygens (including phenoxy) is 1. The lowest BCUT2D eigenvalue weighted by Gasteiger charge is -2.12.